The average Bonchev–Trinajstić information content (AvgIpc) is 2.35. The zero-order chi connectivity index (χ0) is 13.5. The molecule has 0 aliphatic heterocycles. The van der Waals surface area contributed by atoms with Gasteiger partial charge in [-0.3, -0.25) is 0 Å². The first kappa shape index (κ1) is 15.9. The van der Waals surface area contributed by atoms with Crippen molar-refractivity contribution in [1.29, 1.82) is 0 Å². The molecule has 2 heteroatoms. The fourth-order valence-corrected chi connectivity index (χ4v) is 3.44. The van der Waals surface area contributed by atoms with Gasteiger partial charge in [0.15, 0.2) is 0 Å². The zero-order valence-electron chi connectivity index (χ0n) is 12.6. The number of halogens is 1. The SMILES string of the molecule is CCCC(C)CCCC1CCC(OC)C(C)C1F. The second-order valence-corrected chi connectivity index (χ2v) is 6.24. The van der Waals surface area contributed by atoms with E-state index >= 15 is 0 Å². The molecular formula is C16H31FO. The summed E-state index contributed by atoms with van der Waals surface area (Å²) < 4.78 is 19.6. The molecule has 1 saturated carbocycles. The van der Waals surface area contributed by atoms with Crippen LogP contribution in [-0.4, -0.2) is 19.4 Å². The van der Waals surface area contributed by atoms with E-state index in [1.807, 2.05) is 6.92 Å². The van der Waals surface area contributed by atoms with Crippen molar-refractivity contribution in [3.8, 4) is 0 Å². The molecule has 0 N–H and O–H groups in total. The molecule has 0 aromatic rings. The molecule has 5 atom stereocenters. The van der Waals surface area contributed by atoms with Crippen molar-refractivity contribution in [2.75, 3.05) is 7.11 Å². The Morgan fingerprint density at radius 2 is 2.00 bits per heavy atom. The van der Waals surface area contributed by atoms with Crippen LogP contribution in [0.4, 0.5) is 4.39 Å². The molecule has 1 fully saturated rings. The van der Waals surface area contributed by atoms with Gasteiger partial charge in [0.2, 0.25) is 0 Å². The quantitative estimate of drug-likeness (QED) is 0.625. The van der Waals surface area contributed by atoms with Crippen molar-refractivity contribution in [2.24, 2.45) is 17.8 Å². The fourth-order valence-electron chi connectivity index (χ4n) is 3.44. The lowest BCUT2D eigenvalue weighted by Crippen LogP contribution is -2.38. The number of hydrogen-bond acceptors (Lipinski definition) is 1. The predicted octanol–water partition coefficient (Wildman–Crippen LogP) is 4.99. The molecule has 0 saturated heterocycles. The van der Waals surface area contributed by atoms with Gasteiger partial charge in [-0.15, -0.1) is 0 Å². The molecule has 0 aromatic heterocycles. The summed E-state index contributed by atoms with van der Waals surface area (Å²) in [5.41, 5.74) is 0. The van der Waals surface area contributed by atoms with Crippen LogP contribution in [0.1, 0.15) is 65.7 Å². The normalized spacial score (nSPS) is 34.5. The van der Waals surface area contributed by atoms with Gasteiger partial charge in [-0.25, -0.2) is 4.39 Å². The lowest BCUT2D eigenvalue weighted by Gasteiger charge is -2.36. The van der Waals surface area contributed by atoms with E-state index in [2.05, 4.69) is 13.8 Å². The van der Waals surface area contributed by atoms with E-state index in [1.54, 1.807) is 7.11 Å². The molecule has 1 aliphatic carbocycles. The van der Waals surface area contributed by atoms with Crippen LogP contribution in [0.3, 0.4) is 0 Å². The Balaban J connectivity index is 2.26. The van der Waals surface area contributed by atoms with Gasteiger partial charge < -0.3 is 4.74 Å². The van der Waals surface area contributed by atoms with E-state index in [9.17, 15) is 4.39 Å². The summed E-state index contributed by atoms with van der Waals surface area (Å²) in [5, 5.41) is 0. The van der Waals surface area contributed by atoms with Crippen molar-refractivity contribution in [2.45, 2.75) is 78.0 Å². The molecule has 0 radical (unpaired) electrons. The zero-order valence-corrected chi connectivity index (χ0v) is 12.6. The summed E-state index contributed by atoms with van der Waals surface area (Å²) in [6, 6.07) is 0. The first-order chi connectivity index (χ1) is 8.60. The summed E-state index contributed by atoms with van der Waals surface area (Å²) >= 11 is 0. The monoisotopic (exact) mass is 258 g/mol. The Morgan fingerprint density at radius 3 is 2.61 bits per heavy atom. The molecule has 5 unspecified atom stereocenters. The van der Waals surface area contributed by atoms with Crippen molar-refractivity contribution in [3.05, 3.63) is 0 Å². The van der Waals surface area contributed by atoms with Crippen LogP contribution >= 0.6 is 0 Å². The van der Waals surface area contributed by atoms with Crippen LogP contribution in [0.2, 0.25) is 0 Å². The maximum atomic E-state index is 14.3. The van der Waals surface area contributed by atoms with Gasteiger partial charge in [-0.1, -0.05) is 46.5 Å². The first-order valence-corrected chi connectivity index (χ1v) is 7.77. The lowest BCUT2D eigenvalue weighted by molar-refractivity contribution is -0.0348. The lowest BCUT2D eigenvalue weighted by atomic mass is 9.76. The largest absolute Gasteiger partial charge is 0.381 e. The first-order valence-electron chi connectivity index (χ1n) is 7.77. The Labute approximate surface area is 112 Å². The highest BCUT2D eigenvalue weighted by molar-refractivity contribution is 4.86. The maximum Gasteiger partial charge on any atom is 0.108 e. The molecule has 1 rings (SSSR count). The highest BCUT2D eigenvalue weighted by Gasteiger charge is 2.36. The smallest absolute Gasteiger partial charge is 0.108 e. The van der Waals surface area contributed by atoms with E-state index in [4.69, 9.17) is 4.74 Å². The third-order valence-electron chi connectivity index (χ3n) is 4.72. The molecule has 0 aromatic carbocycles. The van der Waals surface area contributed by atoms with Crippen molar-refractivity contribution in [3.63, 3.8) is 0 Å². The number of methoxy groups -OCH3 is 1. The number of alkyl halides is 1. The van der Waals surface area contributed by atoms with Crippen molar-refractivity contribution in [1.82, 2.24) is 0 Å². The predicted molar refractivity (Wildman–Crippen MR) is 75.5 cm³/mol. The summed E-state index contributed by atoms with van der Waals surface area (Å²) in [4.78, 5) is 0. The van der Waals surface area contributed by atoms with Gasteiger partial charge in [0.1, 0.15) is 6.17 Å². The minimum atomic E-state index is -0.662. The van der Waals surface area contributed by atoms with Crippen LogP contribution in [-0.2, 0) is 4.74 Å². The molecule has 0 heterocycles. The van der Waals surface area contributed by atoms with Crippen LogP contribution < -0.4 is 0 Å². The second kappa shape index (κ2) is 8.14. The Kier molecular flexibility index (Phi) is 7.21. The Hall–Kier alpha value is -0.110. The van der Waals surface area contributed by atoms with Gasteiger partial charge in [-0.2, -0.15) is 0 Å². The molecular weight excluding hydrogens is 227 g/mol. The van der Waals surface area contributed by atoms with Crippen LogP contribution in [0.25, 0.3) is 0 Å². The number of rotatable bonds is 7. The van der Waals surface area contributed by atoms with Crippen LogP contribution in [0.5, 0.6) is 0 Å². The van der Waals surface area contributed by atoms with Gasteiger partial charge >= 0.3 is 0 Å². The summed E-state index contributed by atoms with van der Waals surface area (Å²) in [6.45, 7) is 6.56. The molecule has 1 aliphatic rings. The minimum Gasteiger partial charge on any atom is -0.381 e. The minimum absolute atomic E-state index is 0.0711. The third kappa shape index (κ3) is 4.53. The molecule has 18 heavy (non-hydrogen) atoms. The van der Waals surface area contributed by atoms with Crippen molar-refractivity contribution < 1.29 is 9.13 Å². The Morgan fingerprint density at radius 1 is 1.28 bits per heavy atom. The van der Waals surface area contributed by atoms with E-state index in [-0.39, 0.29) is 17.9 Å². The van der Waals surface area contributed by atoms with E-state index in [1.165, 1.54) is 25.7 Å². The summed E-state index contributed by atoms with van der Waals surface area (Å²) in [7, 11) is 1.71. The maximum absolute atomic E-state index is 14.3. The number of hydrogen-bond donors (Lipinski definition) is 0. The van der Waals surface area contributed by atoms with Gasteiger partial charge in [0, 0.05) is 13.0 Å². The Bertz CT molecular complexity index is 219. The van der Waals surface area contributed by atoms with Crippen molar-refractivity contribution >= 4 is 0 Å². The molecule has 108 valence electrons. The van der Waals surface area contributed by atoms with Crippen LogP contribution in [0.15, 0.2) is 0 Å². The van der Waals surface area contributed by atoms with Gasteiger partial charge in [0.05, 0.1) is 6.10 Å². The molecule has 0 bridgehead atoms. The highest BCUT2D eigenvalue weighted by Crippen LogP contribution is 2.36. The van der Waals surface area contributed by atoms with E-state index in [0.29, 0.717) is 0 Å². The third-order valence-corrected chi connectivity index (χ3v) is 4.72. The van der Waals surface area contributed by atoms with E-state index < -0.39 is 6.17 Å². The van der Waals surface area contributed by atoms with Gasteiger partial charge in [0.25, 0.3) is 0 Å². The second-order valence-electron chi connectivity index (χ2n) is 6.24. The highest BCUT2D eigenvalue weighted by atomic mass is 19.1. The molecule has 1 nitrogen and oxygen atoms in total. The molecule has 0 amide bonds. The van der Waals surface area contributed by atoms with Crippen LogP contribution in [0, 0.1) is 17.8 Å². The molecule has 0 spiro atoms. The average molecular weight is 258 g/mol. The topological polar surface area (TPSA) is 9.23 Å². The fraction of sp³-hybridized carbons (Fsp3) is 1.00. The van der Waals surface area contributed by atoms with Gasteiger partial charge in [-0.05, 0) is 31.1 Å². The standard InChI is InChI=1S/C16H31FO/c1-5-7-12(2)8-6-9-14-10-11-15(18-4)13(3)16(14)17/h12-16H,5-11H2,1-4H3. The summed E-state index contributed by atoms with van der Waals surface area (Å²) in [5.74, 6) is 1.16. The van der Waals surface area contributed by atoms with E-state index in [0.717, 1.165) is 25.2 Å². The summed E-state index contributed by atoms with van der Waals surface area (Å²) in [6.07, 6.45) is 7.61. The number of ether oxygens (including phenoxy) is 1.